The smallest absolute Gasteiger partial charge is 0.335 e. The molecule has 1 atom stereocenters. The zero-order valence-electron chi connectivity index (χ0n) is 13.9. The van der Waals surface area contributed by atoms with Crippen molar-refractivity contribution in [1.82, 2.24) is 5.32 Å². The third-order valence-corrected chi connectivity index (χ3v) is 4.42. The first-order valence-corrected chi connectivity index (χ1v) is 8.41. The highest BCUT2D eigenvalue weighted by Crippen LogP contribution is 2.25. The van der Waals surface area contributed by atoms with Crippen molar-refractivity contribution in [3.63, 3.8) is 0 Å². The van der Waals surface area contributed by atoms with Crippen LogP contribution in [0.25, 0.3) is 0 Å². The molecule has 0 bridgehead atoms. The van der Waals surface area contributed by atoms with E-state index in [2.05, 4.69) is 5.32 Å². The quantitative estimate of drug-likeness (QED) is 0.848. The van der Waals surface area contributed by atoms with E-state index in [1.807, 2.05) is 24.3 Å². The molecule has 0 aliphatic carbocycles. The van der Waals surface area contributed by atoms with Crippen molar-refractivity contribution < 1.29 is 19.4 Å². The summed E-state index contributed by atoms with van der Waals surface area (Å²) in [5.74, 6) is -0.694. The highest BCUT2D eigenvalue weighted by Gasteiger charge is 2.18. The number of aromatic carboxylic acids is 1. The number of hydrogen-bond donors (Lipinski definition) is 2. The molecule has 2 N–H and O–H groups in total. The summed E-state index contributed by atoms with van der Waals surface area (Å²) in [7, 11) is 0. The molecule has 3 rings (SSSR count). The van der Waals surface area contributed by atoms with E-state index >= 15 is 0 Å². The van der Waals surface area contributed by atoms with E-state index in [0.29, 0.717) is 31.1 Å². The molecule has 5 nitrogen and oxygen atoms in total. The van der Waals surface area contributed by atoms with Crippen molar-refractivity contribution in [3.8, 4) is 0 Å². The van der Waals surface area contributed by atoms with E-state index in [0.717, 1.165) is 24.2 Å². The Morgan fingerprint density at radius 1 is 1.12 bits per heavy atom. The summed E-state index contributed by atoms with van der Waals surface area (Å²) >= 11 is 0. The molecule has 1 fully saturated rings. The number of ether oxygens (including phenoxy) is 1. The van der Waals surface area contributed by atoms with Crippen LogP contribution in [0.15, 0.2) is 48.5 Å². The molecule has 25 heavy (non-hydrogen) atoms. The molecule has 0 spiro atoms. The van der Waals surface area contributed by atoms with Gasteiger partial charge in [-0.15, -0.1) is 0 Å². The Morgan fingerprint density at radius 2 is 1.92 bits per heavy atom. The van der Waals surface area contributed by atoms with Gasteiger partial charge in [0.05, 0.1) is 12.2 Å². The zero-order valence-corrected chi connectivity index (χ0v) is 13.9. The summed E-state index contributed by atoms with van der Waals surface area (Å²) < 4.78 is 5.41. The average molecular weight is 339 g/mol. The summed E-state index contributed by atoms with van der Waals surface area (Å²) in [4.78, 5) is 23.3. The standard InChI is InChI=1S/C20H21NO4/c22-19(16-5-2-4-15(12-16)18-8-10-25-13-18)21-9-7-14-3-1-6-17(11-14)20(23)24/h1-6,11-12,18H,7-10,13H2,(H,21,22)(H,23,24)/t18-/m1/s1. The molecular formula is C20H21NO4. The normalized spacial score (nSPS) is 16.6. The fraction of sp³-hybridized carbons (Fsp3) is 0.300. The van der Waals surface area contributed by atoms with Crippen LogP contribution >= 0.6 is 0 Å². The zero-order chi connectivity index (χ0) is 17.6. The topological polar surface area (TPSA) is 75.6 Å². The predicted molar refractivity (Wildman–Crippen MR) is 94.1 cm³/mol. The summed E-state index contributed by atoms with van der Waals surface area (Å²) in [5.41, 5.74) is 2.93. The lowest BCUT2D eigenvalue weighted by atomic mass is 9.96. The van der Waals surface area contributed by atoms with Crippen LogP contribution in [0.5, 0.6) is 0 Å². The van der Waals surface area contributed by atoms with E-state index in [-0.39, 0.29) is 11.5 Å². The highest BCUT2D eigenvalue weighted by atomic mass is 16.5. The van der Waals surface area contributed by atoms with E-state index < -0.39 is 5.97 Å². The molecule has 5 heteroatoms. The number of nitrogens with one attached hydrogen (secondary N) is 1. The molecule has 1 saturated heterocycles. The van der Waals surface area contributed by atoms with Crippen LogP contribution < -0.4 is 5.32 Å². The number of carboxylic acid groups (broad SMARTS) is 1. The van der Waals surface area contributed by atoms with Crippen molar-refractivity contribution in [2.45, 2.75) is 18.8 Å². The fourth-order valence-corrected chi connectivity index (χ4v) is 3.01. The van der Waals surface area contributed by atoms with Crippen molar-refractivity contribution in [2.75, 3.05) is 19.8 Å². The van der Waals surface area contributed by atoms with Gasteiger partial charge in [0, 0.05) is 24.6 Å². The Balaban J connectivity index is 1.56. The molecule has 2 aromatic rings. The van der Waals surface area contributed by atoms with Crippen LogP contribution in [-0.2, 0) is 11.2 Å². The predicted octanol–water partition coefficient (Wildman–Crippen LogP) is 2.86. The number of hydrogen-bond acceptors (Lipinski definition) is 3. The van der Waals surface area contributed by atoms with Crippen LogP contribution in [-0.4, -0.2) is 36.7 Å². The van der Waals surface area contributed by atoms with Gasteiger partial charge in [0.1, 0.15) is 0 Å². The van der Waals surface area contributed by atoms with Gasteiger partial charge in [-0.05, 0) is 48.2 Å². The lowest BCUT2D eigenvalue weighted by Gasteiger charge is -2.10. The van der Waals surface area contributed by atoms with Crippen LogP contribution in [0, 0.1) is 0 Å². The number of amides is 1. The SMILES string of the molecule is O=C(O)c1cccc(CCNC(=O)c2cccc([C@@H]3CCOC3)c2)c1. The molecular weight excluding hydrogens is 318 g/mol. The van der Waals surface area contributed by atoms with Gasteiger partial charge >= 0.3 is 5.97 Å². The lowest BCUT2D eigenvalue weighted by molar-refractivity contribution is 0.0696. The van der Waals surface area contributed by atoms with E-state index in [9.17, 15) is 9.59 Å². The van der Waals surface area contributed by atoms with Crippen molar-refractivity contribution in [1.29, 1.82) is 0 Å². The minimum Gasteiger partial charge on any atom is -0.478 e. The van der Waals surface area contributed by atoms with Gasteiger partial charge in [-0.2, -0.15) is 0 Å². The molecule has 0 unspecified atom stereocenters. The van der Waals surface area contributed by atoms with Crippen LogP contribution in [0.4, 0.5) is 0 Å². The monoisotopic (exact) mass is 339 g/mol. The van der Waals surface area contributed by atoms with Gasteiger partial charge < -0.3 is 15.2 Å². The number of carboxylic acids is 1. The summed E-state index contributed by atoms with van der Waals surface area (Å²) in [5, 5.41) is 11.9. The highest BCUT2D eigenvalue weighted by molar-refractivity contribution is 5.94. The van der Waals surface area contributed by atoms with E-state index in [1.54, 1.807) is 24.3 Å². The Morgan fingerprint density at radius 3 is 2.68 bits per heavy atom. The van der Waals surface area contributed by atoms with E-state index in [1.165, 1.54) is 0 Å². The number of benzene rings is 2. The Kier molecular flexibility index (Phi) is 5.46. The van der Waals surface area contributed by atoms with Crippen LogP contribution in [0.3, 0.4) is 0 Å². The second kappa shape index (κ2) is 7.94. The largest absolute Gasteiger partial charge is 0.478 e. The average Bonchev–Trinajstić information content (AvgIpc) is 3.17. The maximum atomic E-state index is 12.3. The van der Waals surface area contributed by atoms with Gasteiger partial charge in [-0.3, -0.25) is 4.79 Å². The fourth-order valence-electron chi connectivity index (χ4n) is 3.01. The van der Waals surface area contributed by atoms with Gasteiger partial charge in [0.25, 0.3) is 5.91 Å². The van der Waals surface area contributed by atoms with Crippen LogP contribution in [0.1, 0.15) is 44.2 Å². The summed E-state index contributed by atoms with van der Waals surface area (Å²) in [6, 6.07) is 14.4. The minimum absolute atomic E-state index is 0.116. The Hall–Kier alpha value is -2.66. The first-order chi connectivity index (χ1) is 12.1. The second-order valence-electron chi connectivity index (χ2n) is 6.20. The molecule has 0 saturated carbocycles. The van der Waals surface area contributed by atoms with Gasteiger partial charge in [-0.25, -0.2) is 4.79 Å². The summed E-state index contributed by atoms with van der Waals surface area (Å²) in [6.07, 6.45) is 1.58. The molecule has 0 aromatic heterocycles. The van der Waals surface area contributed by atoms with Crippen molar-refractivity contribution in [2.24, 2.45) is 0 Å². The second-order valence-corrected chi connectivity index (χ2v) is 6.20. The minimum atomic E-state index is -0.946. The maximum Gasteiger partial charge on any atom is 0.335 e. The molecule has 1 aliphatic rings. The van der Waals surface area contributed by atoms with Crippen molar-refractivity contribution in [3.05, 3.63) is 70.8 Å². The van der Waals surface area contributed by atoms with Gasteiger partial charge in [0.15, 0.2) is 0 Å². The van der Waals surface area contributed by atoms with E-state index in [4.69, 9.17) is 9.84 Å². The number of carbonyl (C=O) groups is 2. The Labute approximate surface area is 146 Å². The number of carbonyl (C=O) groups excluding carboxylic acids is 1. The molecule has 1 amide bonds. The first kappa shape index (κ1) is 17.2. The summed E-state index contributed by atoms with van der Waals surface area (Å²) in [6.45, 7) is 1.94. The molecule has 130 valence electrons. The third-order valence-electron chi connectivity index (χ3n) is 4.42. The third kappa shape index (κ3) is 4.45. The molecule has 1 heterocycles. The Bertz CT molecular complexity index is 766. The first-order valence-electron chi connectivity index (χ1n) is 8.41. The van der Waals surface area contributed by atoms with Gasteiger partial charge in [0.2, 0.25) is 0 Å². The van der Waals surface area contributed by atoms with Crippen LogP contribution in [0.2, 0.25) is 0 Å². The maximum absolute atomic E-state index is 12.3. The molecule has 0 radical (unpaired) electrons. The molecule has 2 aromatic carbocycles. The number of rotatable bonds is 6. The molecule has 1 aliphatic heterocycles. The van der Waals surface area contributed by atoms with Gasteiger partial charge in [-0.1, -0.05) is 24.3 Å². The lowest BCUT2D eigenvalue weighted by Crippen LogP contribution is -2.25. The van der Waals surface area contributed by atoms with Crippen molar-refractivity contribution >= 4 is 11.9 Å².